The Morgan fingerprint density at radius 3 is 2.40 bits per heavy atom. The van der Waals surface area contributed by atoms with Gasteiger partial charge in [0.05, 0.1) is 0 Å². The van der Waals surface area contributed by atoms with Crippen molar-refractivity contribution in [1.82, 2.24) is 4.90 Å². The fraction of sp³-hybridized carbons (Fsp3) is 0.750. The van der Waals surface area contributed by atoms with Crippen molar-refractivity contribution < 1.29 is 9.53 Å². The number of carbonyl (C=O) groups is 1. The lowest BCUT2D eigenvalue weighted by Gasteiger charge is -2.29. The Balaban J connectivity index is 4.36. The van der Waals surface area contributed by atoms with Gasteiger partial charge in [-0.05, 0) is 27.2 Å². The first-order valence-electron chi connectivity index (χ1n) is 5.21. The van der Waals surface area contributed by atoms with E-state index in [1.165, 1.54) is 0 Å². The van der Waals surface area contributed by atoms with Gasteiger partial charge >= 0.3 is 6.09 Å². The lowest BCUT2D eigenvalue weighted by Crippen LogP contribution is -2.40. The van der Waals surface area contributed by atoms with Crippen LogP contribution in [0.2, 0.25) is 0 Å². The van der Waals surface area contributed by atoms with Crippen molar-refractivity contribution in [3.63, 3.8) is 0 Å². The molecule has 15 heavy (non-hydrogen) atoms. The standard InChI is InChI=1S/C12H21NO2/c1-7-9-10(8-2)13(6)11(14)15-12(3,4)5/h1,10H,8-9H2,2-6H3. The lowest BCUT2D eigenvalue weighted by molar-refractivity contribution is 0.0222. The van der Waals surface area contributed by atoms with Crippen LogP contribution in [0, 0.1) is 12.3 Å². The van der Waals surface area contributed by atoms with Crippen LogP contribution in [-0.4, -0.2) is 29.7 Å². The van der Waals surface area contributed by atoms with Crippen molar-refractivity contribution >= 4 is 6.09 Å². The van der Waals surface area contributed by atoms with Gasteiger partial charge in [0.2, 0.25) is 0 Å². The third-order valence-corrected chi connectivity index (χ3v) is 2.05. The molecular weight excluding hydrogens is 190 g/mol. The summed E-state index contributed by atoms with van der Waals surface area (Å²) in [6, 6.07) is 0.0600. The van der Waals surface area contributed by atoms with Crippen LogP contribution < -0.4 is 0 Å². The van der Waals surface area contributed by atoms with Gasteiger partial charge in [0.15, 0.2) is 0 Å². The third kappa shape index (κ3) is 5.31. The smallest absolute Gasteiger partial charge is 0.410 e. The van der Waals surface area contributed by atoms with E-state index in [0.717, 1.165) is 6.42 Å². The maximum Gasteiger partial charge on any atom is 0.410 e. The van der Waals surface area contributed by atoms with Gasteiger partial charge in [-0.2, -0.15) is 0 Å². The summed E-state index contributed by atoms with van der Waals surface area (Å²) in [5, 5.41) is 0. The summed E-state index contributed by atoms with van der Waals surface area (Å²) in [6.45, 7) is 7.55. The second-order valence-electron chi connectivity index (χ2n) is 4.56. The first kappa shape index (κ1) is 13.8. The topological polar surface area (TPSA) is 29.5 Å². The van der Waals surface area contributed by atoms with Crippen molar-refractivity contribution in [2.24, 2.45) is 0 Å². The Hall–Kier alpha value is -1.17. The molecule has 3 nitrogen and oxygen atoms in total. The van der Waals surface area contributed by atoms with E-state index in [0.29, 0.717) is 6.42 Å². The van der Waals surface area contributed by atoms with Crippen LogP contribution in [0.15, 0.2) is 0 Å². The van der Waals surface area contributed by atoms with E-state index in [4.69, 9.17) is 11.2 Å². The zero-order valence-electron chi connectivity index (χ0n) is 10.3. The summed E-state index contributed by atoms with van der Waals surface area (Å²) in [7, 11) is 1.72. The normalized spacial score (nSPS) is 12.8. The van der Waals surface area contributed by atoms with Crippen molar-refractivity contribution in [3.8, 4) is 12.3 Å². The number of amides is 1. The molecule has 0 radical (unpaired) electrons. The van der Waals surface area contributed by atoms with Gasteiger partial charge in [0.1, 0.15) is 5.60 Å². The zero-order valence-corrected chi connectivity index (χ0v) is 10.3. The van der Waals surface area contributed by atoms with E-state index < -0.39 is 5.60 Å². The number of hydrogen-bond donors (Lipinski definition) is 0. The third-order valence-electron chi connectivity index (χ3n) is 2.05. The molecular formula is C12H21NO2. The Morgan fingerprint density at radius 1 is 1.53 bits per heavy atom. The molecule has 0 aliphatic carbocycles. The molecule has 0 bridgehead atoms. The van der Waals surface area contributed by atoms with E-state index in [2.05, 4.69) is 5.92 Å². The highest BCUT2D eigenvalue weighted by molar-refractivity contribution is 5.68. The highest BCUT2D eigenvalue weighted by atomic mass is 16.6. The molecule has 0 aliphatic rings. The minimum atomic E-state index is -0.459. The predicted octanol–water partition coefficient (Wildman–Crippen LogP) is 2.66. The van der Waals surface area contributed by atoms with Crippen molar-refractivity contribution in [2.45, 2.75) is 52.2 Å². The summed E-state index contributed by atoms with van der Waals surface area (Å²) < 4.78 is 5.25. The van der Waals surface area contributed by atoms with Crippen molar-refractivity contribution in [3.05, 3.63) is 0 Å². The monoisotopic (exact) mass is 211 g/mol. The summed E-state index contributed by atoms with van der Waals surface area (Å²) in [4.78, 5) is 13.2. The first-order valence-corrected chi connectivity index (χ1v) is 5.21. The van der Waals surface area contributed by atoms with Gasteiger partial charge in [0, 0.05) is 19.5 Å². The van der Waals surface area contributed by atoms with Crippen LogP contribution in [0.4, 0.5) is 4.79 Å². The molecule has 0 spiro atoms. The second kappa shape index (κ2) is 5.65. The van der Waals surface area contributed by atoms with Crippen LogP contribution in [0.5, 0.6) is 0 Å². The van der Waals surface area contributed by atoms with Gasteiger partial charge in [-0.1, -0.05) is 6.92 Å². The van der Waals surface area contributed by atoms with Crippen LogP contribution >= 0.6 is 0 Å². The fourth-order valence-electron chi connectivity index (χ4n) is 1.17. The number of terminal acetylenes is 1. The first-order chi connectivity index (χ1) is 6.81. The molecule has 0 aromatic heterocycles. The maximum atomic E-state index is 11.7. The zero-order chi connectivity index (χ0) is 12.1. The minimum Gasteiger partial charge on any atom is -0.444 e. The quantitative estimate of drug-likeness (QED) is 0.672. The van der Waals surface area contributed by atoms with E-state index in [1.807, 2.05) is 27.7 Å². The molecule has 0 saturated heterocycles. The molecule has 1 atom stereocenters. The summed E-state index contributed by atoms with van der Waals surface area (Å²) >= 11 is 0. The predicted molar refractivity (Wildman–Crippen MR) is 61.5 cm³/mol. The Morgan fingerprint density at radius 2 is 2.07 bits per heavy atom. The molecule has 0 aromatic carbocycles. The molecule has 0 rings (SSSR count). The number of nitrogens with zero attached hydrogens (tertiary/aromatic N) is 1. The van der Waals surface area contributed by atoms with Gasteiger partial charge in [-0.3, -0.25) is 0 Å². The molecule has 0 heterocycles. The van der Waals surface area contributed by atoms with Gasteiger partial charge < -0.3 is 9.64 Å². The highest BCUT2D eigenvalue weighted by Crippen LogP contribution is 2.13. The molecule has 86 valence electrons. The van der Waals surface area contributed by atoms with E-state index in [1.54, 1.807) is 11.9 Å². The Bertz CT molecular complexity index is 247. The molecule has 0 fully saturated rings. The number of carbonyl (C=O) groups excluding carboxylic acids is 1. The van der Waals surface area contributed by atoms with Crippen molar-refractivity contribution in [1.29, 1.82) is 0 Å². The molecule has 0 N–H and O–H groups in total. The molecule has 3 heteroatoms. The van der Waals surface area contributed by atoms with E-state index in [9.17, 15) is 4.79 Å². The average molecular weight is 211 g/mol. The summed E-state index contributed by atoms with van der Waals surface area (Å²) in [5.74, 6) is 2.57. The largest absolute Gasteiger partial charge is 0.444 e. The van der Waals surface area contributed by atoms with E-state index in [-0.39, 0.29) is 12.1 Å². The Kier molecular flexibility index (Phi) is 5.21. The van der Waals surface area contributed by atoms with Gasteiger partial charge in [-0.15, -0.1) is 12.3 Å². The van der Waals surface area contributed by atoms with Crippen molar-refractivity contribution in [2.75, 3.05) is 7.05 Å². The average Bonchev–Trinajstić information content (AvgIpc) is 2.10. The molecule has 1 amide bonds. The Labute approximate surface area is 92.8 Å². The molecule has 0 saturated carbocycles. The maximum absolute atomic E-state index is 11.7. The summed E-state index contributed by atoms with van der Waals surface area (Å²) in [6.07, 6.45) is 6.32. The minimum absolute atomic E-state index is 0.0600. The number of rotatable bonds is 3. The van der Waals surface area contributed by atoms with Crippen LogP contribution in [0.25, 0.3) is 0 Å². The number of ether oxygens (including phenoxy) is 1. The number of hydrogen-bond acceptors (Lipinski definition) is 2. The molecule has 1 unspecified atom stereocenters. The molecule has 0 aliphatic heterocycles. The molecule has 0 aromatic rings. The second-order valence-corrected chi connectivity index (χ2v) is 4.56. The van der Waals surface area contributed by atoms with Crippen LogP contribution in [-0.2, 0) is 4.74 Å². The highest BCUT2D eigenvalue weighted by Gasteiger charge is 2.23. The van der Waals surface area contributed by atoms with Gasteiger partial charge in [-0.25, -0.2) is 4.79 Å². The fourth-order valence-corrected chi connectivity index (χ4v) is 1.17. The van der Waals surface area contributed by atoms with E-state index >= 15 is 0 Å². The van der Waals surface area contributed by atoms with Crippen LogP contribution in [0.1, 0.15) is 40.5 Å². The SMILES string of the molecule is C#CCC(CC)N(C)C(=O)OC(C)(C)C. The van der Waals surface area contributed by atoms with Gasteiger partial charge in [0.25, 0.3) is 0 Å². The van der Waals surface area contributed by atoms with Crippen LogP contribution in [0.3, 0.4) is 0 Å². The summed E-state index contributed by atoms with van der Waals surface area (Å²) in [5.41, 5.74) is -0.459. The lowest BCUT2D eigenvalue weighted by atomic mass is 10.1.